The number of nitrogens with zero attached hydrogens (tertiary/aromatic N) is 1. The number of nitrogens with one attached hydrogen (secondary N) is 2. The van der Waals surface area contributed by atoms with E-state index in [0.29, 0.717) is 31.6 Å². The predicted octanol–water partition coefficient (Wildman–Crippen LogP) is 1.44. The molecule has 0 aliphatic carbocycles. The van der Waals surface area contributed by atoms with Crippen LogP contribution in [0.3, 0.4) is 0 Å². The zero-order valence-corrected chi connectivity index (χ0v) is 16.7. The number of carbonyl (C=O) groups is 3. The Kier molecular flexibility index (Phi) is 6.15. The lowest BCUT2D eigenvalue weighted by Gasteiger charge is -2.33. The van der Waals surface area contributed by atoms with Gasteiger partial charge in [-0.2, -0.15) is 0 Å². The number of piperidine rings is 1. The van der Waals surface area contributed by atoms with E-state index in [1.165, 1.54) is 0 Å². The number of rotatable bonds is 8. The minimum Gasteiger partial charge on any atom is -0.330 e. The Balaban J connectivity index is 1.72. The van der Waals surface area contributed by atoms with Crippen LogP contribution in [0.4, 0.5) is 0 Å². The Bertz CT molecular complexity index is 773. The van der Waals surface area contributed by atoms with Gasteiger partial charge in [-0.3, -0.25) is 19.7 Å². The Morgan fingerprint density at radius 1 is 1.25 bits per heavy atom. The highest BCUT2D eigenvalue weighted by atomic mass is 16.2. The van der Waals surface area contributed by atoms with Crippen LogP contribution < -0.4 is 16.4 Å². The molecule has 1 fully saturated rings. The summed E-state index contributed by atoms with van der Waals surface area (Å²) < 4.78 is 0. The highest BCUT2D eigenvalue weighted by Crippen LogP contribution is 2.28. The topological polar surface area (TPSA) is 105 Å². The molecule has 0 saturated carbocycles. The summed E-state index contributed by atoms with van der Waals surface area (Å²) in [6.07, 6.45) is 3.55. The molecule has 7 nitrogen and oxygen atoms in total. The van der Waals surface area contributed by atoms with E-state index in [-0.39, 0.29) is 29.7 Å². The second-order valence-corrected chi connectivity index (χ2v) is 7.77. The van der Waals surface area contributed by atoms with Crippen molar-refractivity contribution in [3.05, 3.63) is 34.9 Å². The molecule has 2 aliphatic heterocycles. The van der Waals surface area contributed by atoms with E-state index in [9.17, 15) is 14.4 Å². The van der Waals surface area contributed by atoms with Gasteiger partial charge >= 0.3 is 0 Å². The highest BCUT2D eigenvalue weighted by Gasteiger charge is 2.39. The lowest BCUT2D eigenvalue weighted by atomic mass is 9.88. The molecule has 1 unspecified atom stereocenters. The first kappa shape index (κ1) is 20.5. The average Bonchev–Trinajstić information content (AvgIpc) is 3.01. The van der Waals surface area contributed by atoms with Crippen molar-refractivity contribution in [2.45, 2.75) is 70.6 Å². The van der Waals surface area contributed by atoms with Crippen LogP contribution in [0, 0.1) is 0 Å². The fourth-order valence-electron chi connectivity index (χ4n) is 4.22. The number of carbonyl (C=O) groups excluding carboxylic acids is 3. The second kappa shape index (κ2) is 8.41. The summed E-state index contributed by atoms with van der Waals surface area (Å²) in [6.45, 7) is 6.04. The molecule has 28 heavy (non-hydrogen) atoms. The van der Waals surface area contributed by atoms with Crippen LogP contribution in [-0.4, -0.2) is 40.7 Å². The molecule has 0 spiro atoms. The van der Waals surface area contributed by atoms with Gasteiger partial charge in [0.05, 0.1) is 0 Å². The monoisotopic (exact) mass is 386 g/mol. The first-order chi connectivity index (χ1) is 13.4. The van der Waals surface area contributed by atoms with Crippen LogP contribution in [0.25, 0.3) is 0 Å². The largest absolute Gasteiger partial charge is 0.330 e. The van der Waals surface area contributed by atoms with Crippen molar-refractivity contribution in [3.8, 4) is 0 Å². The highest BCUT2D eigenvalue weighted by molar-refractivity contribution is 6.05. The lowest BCUT2D eigenvalue weighted by Crippen LogP contribution is -2.52. The molecule has 3 rings (SSSR count). The second-order valence-electron chi connectivity index (χ2n) is 7.77. The molecule has 2 aliphatic rings. The number of imide groups is 1. The zero-order valence-electron chi connectivity index (χ0n) is 16.7. The van der Waals surface area contributed by atoms with Gasteiger partial charge in [0, 0.05) is 30.6 Å². The number of fused-ring (bicyclic) bond motifs is 1. The van der Waals surface area contributed by atoms with Crippen molar-refractivity contribution in [2.24, 2.45) is 5.73 Å². The molecule has 3 amide bonds. The summed E-state index contributed by atoms with van der Waals surface area (Å²) in [6, 6.07) is 5.36. The van der Waals surface area contributed by atoms with E-state index in [1.54, 1.807) is 4.90 Å². The molecule has 1 aromatic rings. The van der Waals surface area contributed by atoms with Crippen LogP contribution in [0.5, 0.6) is 0 Å². The predicted molar refractivity (Wildman–Crippen MR) is 106 cm³/mol. The maximum Gasteiger partial charge on any atom is 0.255 e. The number of benzene rings is 1. The molecule has 0 bridgehead atoms. The van der Waals surface area contributed by atoms with Gasteiger partial charge < -0.3 is 16.0 Å². The van der Waals surface area contributed by atoms with E-state index in [0.717, 1.165) is 30.4 Å². The molecule has 152 valence electrons. The normalized spacial score (nSPS) is 19.8. The van der Waals surface area contributed by atoms with Crippen molar-refractivity contribution >= 4 is 17.7 Å². The molecular formula is C21H30N4O3. The van der Waals surface area contributed by atoms with Gasteiger partial charge in [-0.1, -0.05) is 26.0 Å². The number of hydrogen-bond acceptors (Lipinski definition) is 5. The van der Waals surface area contributed by atoms with Crippen molar-refractivity contribution in [2.75, 3.05) is 6.54 Å². The summed E-state index contributed by atoms with van der Waals surface area (Å²) in [4.78, 5) is 38.0. The average molecular weight is 386 g/mol. The quantitative estimate of drug-likeness (QED) is 0.587. The molecule has 4 N–H and O–H groups in total. The number of nitrogens with two attached hydrogens (primary N) is 1. The molecular weight excluding hydrogens is 356 g/mol. The smallest absolute Gasteiger partial charge is 0.255 e. The van der Waals surface area contributed by atoms with Crippen LogP contribution in [-0.2, 0) is 22.7 Å². The van der Waals surface area contributed by atoms with E-state index in [2.05, 4.69) is 24.5 Å². The SMILES string of the molecule is CCC(CC)(CCN)NCc1ccc2c(c1)C(=O)N(C1CCC(=O)NC1=O)C2. The van der Waals surface area contributed by atoms with Crippen molar-refractivity contribution in [1.29, 1.82) is 0 Å². The van der Waals surface area contributed by atoms with Gasteiger partial charge in [0.1, 0.15) is 6.04 Å². The number of amides is 3. The van der Waals surface area contributed by atoms with Gasteiger partial charge in [0.15, 0.2) is 0 Å². The molecule has 1 aromatic carbocycles. The fraction of sp³-hybridized carbons (Fsp3) is 0.571. The van der Waals surface area contributed by atoms with E-state index in [4.69, 9.17) is 5.73 Å². The molecule has 0 radical (unpaired) electrons. The summed E-state index contributed by atoms with van der Waals surface area (Å²) in [5.74, 6) is -0.783. The lowest BCUT2D eigenvalue weighted by molar-refractivity contribution is -0.136. The van der Waals surface area contributed by atoms with Gasteiger partial charge in [-0.05, 0) is 49.4 Å². The van der Waals surface area contributed by atoms with Gasteiger partial charge in [0.2, 0.25) is 11.8 Å². The van der Waals surface area contributed by atoms with Crippen molar-refractivity contribution in [3.63, 3.8) is 0 Å². The molecule has 2 heterocycles. The first-order valence-electron chi connectivity index (χ1n) is 10.1. The van der Waals surface area contributed by atoms with Crippen molar-refractivity contribution in [1.82, 2.24) is 15.5 Å². The minimum atomic E-state index is -0.573. The van der Waals surface area contributed by atoms with E-state index < -0.39 is 6.04 Å². The van der Waals surface area contributed by atoms with Gasteiger partial charge in [-0.15, -0.1) is 0 Å². The summed E-state index contributed by atoms with van der Waals surface area (Å²) in [7, 11) is 0. The van der Waals surface area contributed by atoms with E-state index >= 15 is 0 Å². The Hall–Kier alpha value is -2.25. The number of hydrogen-bond donors (Lipinski definition) is 3. The first-order valence-corrected chi connectivity index (χ1v) is 10.1. The zero-order chi connectivity index (χ0) is 20.3. The van der Waals surface area contributed by atoms with Crippen LogP contribution >= 0.6 is 0 Å². The Morgan fingerprint density at radius 3 is 2.64 bits per heavy atom. The van der Waals surface area contributed by atoms with Crippen LogP contribution in [0.1, 0.15) is 67.4 Å². The molecule has 1 saturated heterocycles. The fourth-order valence-corrected chi connectivity index (χ4v) is 4.22. The third-order valence-electron chi connectivity index (χ3n) is 6.24. The summed E-state index contributed by atoms with van der Waals surface area (Å²) in [5.41, 5.74) is 8.42. The van der Waals surface area contributed by atoms with Crippen LogP contribution in [0.15, 0.2) is 18.2 Å². The molecule has 1 atom stereocenters. The van der Waals surface area contributed by atoms with E-state index in [1.807, 2.05) is 18.2 Å². The van der Waals surface area contributed by atoms with Gasteiger partial charge in [0.25, 0.3) is 5.91 Å². The molecule has 7 heteroatoms. The third kappa shape index (κ3) is 3.95. The Morgan fingerprint density at radius 2 is 2.00 bits per heavy atom. The Labute approximate surface area is 166 Å². The maximum atomic E-state index is 12.9. The third-order valence-corrected chi connectivity index (χ3v) is 6.24. The van der Waals surface area contributed by atoms with Crippen molar-refractivity contribution < 1.29 is 14.4 Å². The summed E-state index contributed by atoms with van der Waals surface area (Å²) >= 11 is 0. The molecule has 0 aromatic heterocycles. The maximum absolute atomic E-state index is 12.9. The van der Waals surface area contributed by atoms with Crippen LogP contribution in [0.2, 0.25) is 0 Å². The van der Waals surface area contributed by atoms with Gasteiger partial charge in [-0.25, -0.2) is 0 Å². The minimum absolute atomic E-state index is 0.0104. The standard InChI is InChI=1S/C21H30N4O3/c1-3-21(4-2,9-10-22)23-12-14-5-6-15-13-25(20(28)16(15)11-14)17-7-8-18(26)24-19(17)27/h5-6,11,17,23H,3-4,7-10,12-13,22H2,1-2H3,(H,24,26,27). The summed E-state index contributed by atoms with van der Waals surface area (Å²) in [5, 5.41) is 5.97.